The fourth-order valence-electron chi connectivity index (χ4n) is 2.73. The molecule has 162 valence electrons. The van der Waals surface area contributed by atoms with Crippen molar-refractivity contribution in [3.63, 3.8) is 0 Å². The van der Waals surface area contributed by atoms with Crippen molar-refractivity contribution in [1.29, 1.82) is 0 Å². The molecule has 0 aliphatic rings. The molecule has 1 unspecified atom stereocenters. The van der Waals surface area contributed by atoms with Crippen LogP contribution in [0.2, 0.25) is 10.0 Å². The Morgan fingerprint density at radius 3 is 2.40 bits per heavy atom. The average molecular weight is 471 g/mol. The molecule has 0 spiro atoms. The zero-order chi connectivity index (χ0) is 22.1. The van der Waals surface area contributed by atoms with E-state index in [2.05, 4.69) is 5.32 Å². The number of carbonyl (C=O) groups excluding carboxylic acids is 2. The molecule has 8 heteroatoms. The third-order valence-electron chi connectivity index (χ3n) is 4.46. The van der Waals surface area contributed by atoms with Gasteiger partial charge in [0.15, 0.2) is 0 Å². The number of thioether (sulfide) groups is 1. The largest absolute Gasteiger partial charge is 0.354 e. The molecule has 2 rings (SSSR count). The standard InChI is InChI=1S/C22H25Cl2FN2O2S/c1-3-10-26-22(29)15(2)27(12-17-6-9-19(23)20(24)11-17)21(28)14-30-13-16-4-7-18(25)8-5-16/h4-9,11,15H,3,10,12-14H2,1-2H3,(H,26,29). The normalized spacial score (nSPS) is 11.8. The third-order valence-corrected chi connectivity index (χ3v) is 6.19. The summed E-state index contributed by atoms with van der Waals surface area (Å²) in [4.78, 5) is 27.0. The van der Waals surface area contributed by atoms with Gasteiger partial charge in [-0.3, -0.25) is 9.59 Å². The molecule has 1 atom stereocenters. The maximum Gasteiger partial charge on any atom is 0.242 e. The topological polar surface area (TPSA) is 49.4 Å². The number of rotatable bonds is 10. The Balaban J connectivity index is 2.07. The van der Waals surface area contributed by atoms with Crippen LogP contribution in [0.4, 0.5) is 4.39 Å². The Labute approximate surface area is 191 Å². The van der Waals surface area contributed by atoms with Crippen molar-refractivity contribution in [2.24, 2.45) is 0 Å². The van der Waals surface area contributed by atoms with Gasteiger partial charge < -0.3 is 10.2 Å². The predicted molar refractivity (Wildman–Crippen MR) is 122 cm³/mol. The summed E-state index contributed by atoms with van der Waals surface area (Å²) in [6, 6.07) is 10.7. The Bertz CT molecular complexity index is 865. The van der Waals surface area contributed by atoms with Gasteiger partial charge in [-0.1, -0.05) is 48.3 Å². The fraction of sp³-hybridized carbons (Fsp3) is 0.364. The second-order valence-electron chi connectivity index (χ2n) is 6.86. The van der Waals surface area contributed by atoms with Crippen molar-refractivity contribution in [3.05, 3.63) is 69.5 Å². The monoisotopic (exact) mass is 470 g/mol. The molecule has 0 saturated carbocycles. The van der Waals surface area contributed by atoms with E-state index < -0.39 is 6.04 Å². The summed E-state index contributed by atoms with van der Waals surface area (Å²) >= 11 is 13.5. The first-order chi connectivity index (χ1) is 14.3. The summed E-state index contributed by atoms with van der Waals surface area (Å²) in [5.74, 6) is 0.119. The van der Waals surface area contributed by atoms with Crippen molar-refractivity contribution in [2.75, 3.05) is 12.3 Å². The van der Waals surface area contributed by atoms with E-state index in [-0.39, 0.29) is 29.9 Å². The molecule has 1 N–H and O–H groups in total. The van der Waals surface area contributed by atoms with Crippen LogP contribution < -0.4 is 5.32 Å². The number of benzene rings is 2. The SMILES string of the molecule is CCCNC(=O)C(C)N(Cc1ccc(Cl)c(Cl)c1)C(=O)CSCc1ccc(F)cc1. The van der Waals surface area contributed by atoms with Crippen LogP contribution in [0.3, 0.4) is 0 Å². The van der Waals surface area contributed by atoms with Crippen LogP contribution in [0, 0.1) is 5.82 Å². The Hall–Kier alpha value is -1.76. The number of nitrogens with zero attached hydrogens (tertiary/aromatic N) is 1. The van der Waals surface area contributed by atoms with Gasteiger partial charge in [-0.2, -0.15) is 0 Å². The van der Waals surface area contributed by atoms with E-state index in [1.165, 1.54) is 23.9 Å². The summed E-state index contributed by atoms with van der Waals surface area (Å²) in [7, 11) is 0. The van der Waals surface area contributed by atoms with Gasteiger partial charge in [0.05, 0.1) is 15.8 Å². The van der Waals surface area contributed by atoms with E-state index in [9.17, 15) is 14.0 Å². The molecule has 0 fully saturated rings. The highest BCUT2D eigenvalue weighted by molar-refractivity contribution is 7.99. The Kier molecular flexibility index (Phi) is 9.95. The molecule has 4 nitrogen and oxygen atoms in total. The lowest BCUT2D eigenvalue weighted by molar-refractivity contribution is -0.138. The number of hydrogen-bond donors (Lipinski definition) is 1. The van der Waals surface area contributed by atoms with E-state index in [4.69, 9.17) is 23.2 Å². The molecule has 0 aliphatic heterocycles. The molecule has 30 heavy (non-hydrogen) atoms. The lowest BCUT2D eigenvalue weighted by Gasteiger charge is -2.29. The zero-order valence-corrected chi connectivity index (χ0v) is 19.3. The van der Waals surface area contributed by atoms with Gasteiger partial charge in [-0.25, -0.2) is 4.39 Å². The molecule has 2 aromatic rings. The lowest BCUT2D eigenvalue weighted by Crippen LogP contribution is -2.48. The Morgan fingerprint density at radius 1 is 1.10 bits per heavy atom. The summed E-state index contributed by atoms with van der Waals surface area (Å²) in [6.07, 6.45) is 0.812. The van der Waals surface area contributed by atoms with Gasteiger partial charge in [0.2, 0.25) is 11.8 Å². The van der Waals surface area contributed by atoms with Crippen molar-refractivity contribution < 1.29 is 14.0 Å². The minimum Gasteiger partial charge on any atom is -0.354 e. The van der Waals surface area contributed by atoms with E-state index in [0.717, 1.165) is 17.5 Å². The van der Waals surface area contributed by atoms with Crippen LogP contribution >= 0.6 is 35.0 Å². The highest BCUT2D eigenvalue weighted by Crippen LogP contribution is 2.24. The van der Waals surface area contributed by atoms with Crippen molar-refractivity contribution in [1.82, 2.24) is 10.2 Å². The maximum atomic E-state index is 13.0. The van der Waals surface area contributed by atoms with E-state index >= 15 is 0 Å². The number of hydrogen-bond acceptors (Lipinski definition) is 3. The highest BCUT2D eigenvalue weighted by Gasteiger charge is 2.26. The minimum absolute atomic E-state index is 0.160. The van der Waals surface area contributed by atoms with Crippen LogP contribution in [0.5, 0.6) is 0 Å². The molecule has 0 aromatic heterocycles. The second-order valence-corrected chi connectivity index (χ2v) is 8.66. The first kappa shape index (κ1) is 24.5. The Morgan fingerprint density at radius 2 is 1.77 bits per heavy atom. The summed E-state index contributed by atoms with van der Waals surface area (Å²) < 4.78 is 13.0. The fourth-order valence-corrected chi connectivity index (χ4v) is 3.92. The summed E-state index contributed by atoms with van der Waals surface area (Å²) in [6.45, 7) is 4.48. The number of carbonyl (C=O) groups is 2. The predicted octanol–water partition coefficient (Wildman–Crippen LogP) is 5.31. The smallest absolute Gasteiger partial charge is 0.242 e. The van der Waals surface area contributed by atoms with E-state index in [1.54, 1.807) is 42.2 Å². The summed E-state index contributed by atoms with van der Waals surface area (Å²) in [5.41, 5.74) is 1.72. The molecule has 0 saturated heterocycles. The van der Waals surface area contributed by atoms with Gasteiger partial charge in [-0.15, -0.1) is 11.8 Å². The van der Waals surface area contributed by atoms with Crippen LogP contribution in [0.25, 0.3) is 0 Å². The van der Waals surface area contributed by atoms with Crippen LogP contribution in [0.15, 0.2) is 42.5 Å². The second kappa shape index (κ2) is 12.2. The molecule has 2 amide bonds. The van der Waals surface area contributed by atoms with Crippen LogP contribution in [-0.2, 0) is 21.9 Å². The molecule has 0 bridgehead atoms. The maximum absolute atomic E-state index is 13.0. The molecular formula is C22H25Cl2FN2O2S. The number of amides is 2. The molecule has 0 radical (unpaired) electrons. The molecule has 2 aromatic carbocycles. The van der Waals surface area contributed by atoms with Crippen molar-refractivity contribution >= 4 is 46.8 Å². The molecular weight excluding hydrogens is 446 g/mol. The minimum atomic E-state index is -0.634. The van der Waals surface area contributed by atoms with Crippen LogP contribution in [-0.4, -0.2) is 35.1 Å². The third kappa shape index (κ3) is 7.49. The molecule has 0 heterocycles. The first-order valence-electron chi connectivity index (χ1n) is 9.65. The van der Waals surface area contributed by atoms with E-state index in [1.807, 2.05) is 6.92 Å². The lowest BCUT2D eigenvalue weighted by atomic mass is 10.1. The first-order valence-corrected chi connectivity index (χ1v) is 11.6. The number of nitrogens with one attached hydrogen (secondary N) is 1. The molecule has 0 aliphatic carbocycles. The van der Waals surface area contributed by atoms with Gasteiger partial charge in [0.1, 0.15) is 11.9 Å². The zero-order valence-electron chi connectivity index (χ0n) is 17.0. The van der Waals surface area contributed by atoms with Crippen LogP contribution in [0.1, 0.15) is 31.4 Å². The number of halogens is 3. The van der Waals surface area contributed by atoms with Gasteiger partial charge >= 0.3 is 0 Å². The van der Waals surface area contributed by atoms with Gasteiger partial charge in [0.25, 0.3) is 0 Å². The summed E-state index contributed by atoms with van der Waals surface area (Å²) in [5, 5.41) is 3.67. The van der Waals surface area contributed by atoms with Gasteiger partial charge in [0, 0.05) is 18.8 Å². The quantitative estimate of drug-likeness (QED) is 0.511. The highest BCUT2D eigenvalue weighted by atomic mass is 35.5. The van der Waals surface area contributed by atoms with Gasteiger partial charge in [-0.05, 0) is 48.7 Å². The van der Waals surface area contributed by atoms with Crippen molar-refractivity contribution in [2.45, 2.75) is 38.6 Å². The van der Waals surface area contributed by atoms with E-state index in [0.29, 0.717) is 22.3 Å². The van der Waals surface area contributed by atoms with Crippen molar-refractivity contribution in [3.8, 4) is 0 Å². The average Bonchev–Trinajstić information content (AvgIpc) is 2.73.